The molecule has 0 fully saturated rings. The van der Waals surface area contributed by atoms with Gasteiger partial charge >= 0.3 is 0 Å². The fourth-order valence-corrected chi connectivity index (χ4v) is 3.68. The summed E-state index contributed by atoms with van der Waals surface area (Å²) in [5.74, 6) is 0.526. The first-order valence-corrected chi connectivity index (χ1v) is 10.0. The van der Waals surface area contributed by atoms with Crippen molar-refractivity contribution in [3.8, 4) is 0 Å². The van der Waals surface area contributed by atoms with Crippen molar-refractivity contribution in [1.29, 1.82) is 0 Å². The van der Waals surface area contributed by atoms with Crippen LogP contribution in [0.2, 0.25) is 0 Å². The fraction of sp³-hybridized carbons (Fsp3) is 0.381. The van der Waals surface area contributed by atoms with Gasteiger partial charge in [-0.2, -0.15) is 5.10 Å². The molecule has 2 aromatic rings. The van der Waals surface area contributed by atoms with Crippen LogP contribution in [-0.4, -0.2) is 23.1 Å². The smallest absolute Gasteiger partial charge is 0.287 e. The van der Waals surface area contributed by atoms with Crippen LogP contribution < -0.4 is 10.7 Å². The van der Waals surface area contributed by atoms with E-state index in [1.54, 1.807) is 18.2 Å². The lowest BCUT2D eigenvalue weighted by Gasteiger charge is -2.19. The Balaban J connectivity index is 1.87. The maximum absolute atomic E-state index is 12.6. The number of hydrazone groups is 1. The summed E-state index contributed by atoms with van der Waals surface area (Å²) < 4.78 is 6.58. The third kappa shape index (κ3) is 4.35. The molecule has 1 aliphatic rings. The topological polar surface area (TPSA) is 83.7 Å². The third-order valence-corrected chi connectivity index (χ3v) is 5.12. The molecule has 6 nitrogen and oxygen atoms in total. The lowest BCUT2D eigenvalue weighted by Crippen LogP contribution is -2.40. The first-order valence-electron chi connectivity index (χ1n) is 9.24. The minimum absolute atomic E-state index is 0.240. The van der Waals surface area contributed by atoms with E-state index in [4.69, 9.17) is 4.42 Å². The summed E-state index contributed by atoms with van der Waals surface area (Å²) in [5, 5.41) is 7.29. The number of halogens is 1. The molecule has 1 aromatic carbocycles. The Morgan fingerprint density at radius 2 is 1.86 bits per heavy atom. The summed E-state index contributed by atoms with van der Waals surface area (Å²) in [6.07, 6.45) is 2.31. The molecule has 0 bridgehead atoms. The highest BCUT2D eigenvalue weighted by atomic mass is 79.9. The van der Waals surface area contributed by atoms with Gasteiger partial charge in [0.25, 0.3) is 11.8 Å². The number of fused-ring (bicyclic) bond motifs is 1. The van der Waals surface area contributed by atoms with E-state index in [-0.39, 0.29) is 17.4 Å². The van der Waals surface area contributed by atoms with Crippen molar-refractivity contribution in [3.05, 3.63) is 56.9 Å². The van der Waals surface area contributed by atoms with Gasteiger partial charge in [0.15, 0.2) is 5.76 Å². The van der Waals surface area contributed by atoms with Crippen LogP contribution in [0.5, 0.6) is 0 Å². The predicted octanol–water partition coefficient (Wildman–Crippen LogP) is 4.35. The van der Waals surface area contributed by atoms with Gasteiger partial charge in [0.05, 0.1) is 11.3 Å². The van der Waals surface area contributed by atoms with Gasteiger partial charge in [-0.15, -0.1) is 0 Å². The highest BCUT2D eigenvalue weighted by Crippen LogP contribution is 2.30. The van der Waals surface area contributed by atoms with Crippen molar-refractivity contribution in [3.63, 3.8) is 0 Å². The molecule has 0 atom stereocenters. The average molecular weight is 446 g/mol. The normalized spacial score (nSPS) is 15.2. The van der Waals surface area contributed by atoms with Gasteiger partial charge < -0.3 is 9.73 Å². The van der Waals surface area contributed by atoms with Crippen molar-refractivity contribution >= 4 is 33.5 Å². The minimum atomic E-state index is -0.356. The Bertz CT molecular complexity index is 954. The van der Waals surface area contributed by atoms with Crippen LogP contribution >= 0.6 is 15.9 Å². The quantitative estimate of drug-likeness (QED) is 0.688. The number of furan rings is 1. The van der Waals surface area contributed by atoms with Crippen LogP contribution in [0.4, 0.5) is 0 Å². The standard InChI is InChI=1S/C21H24BrN3O3/c1-12-17-15(24-25-19(26)13-8-5-6-9-14(13)22)10-7-11-16(17)28-18(12)20(27)23-21(2,3)4/h5-6,8-9H,7,10-11H2,1-4H3,(H,23,27)(H,25,26)/b24-15+. The lowest BCUT2D eigenvalue weighted by molar-refractivity contribution is 0.0887. The second-order valence-corrected chi connectivity index (χ2v) is 8.75. The number of carbonyl (C=O) groups is 2. The summed E-state index contributed by atoms with van der Waals surface area (Å²) in [7, 11) is 0. The Labute approximate surface area is 172 Å². The summed E-state index contributed by atoms with van der Waals surface area (Å²) in [6.45, 7) is 7.63. The molecule has 28 heavy (non-hydrogen) atoms. The molecule has 0 spiro atoms. The van der Waals surface area contributed by atoms with E-state index >= 15 is 0 Å². The van der Waals surface area contributed by atoms with Crippen LogP contribution in [-0.2, 0) is 6.42 Å². The first kappa shape index (κ1) is 20.3. The molecule has 148 valence electrons. The van der Waals surface area contributed by atoms with Crippen LogP contribution in [0.25, 0.3) is 0 Å². The molecule has 1 heterocycles. The van der Waals surface area contributed by atoms with E-state index in [0.717, 1.165) is 35.4 Å². The van der Waals surface area contributed by atoms with Crippen molar-refractivity contribution < 1.29 is 14.0 Å². The number of nitrogens with zero attached hydrogens (tertiary/aromatic N) is 1. The average Bonchev–Trinajstić information content (AvgIpc) is 2.96. The van der Waals surface area contributed by atoms with Gasteiger partial charge in [-0.25, -0.2) is 5.43 Å². The Hall–Kier alpha value is -2.41. The molecular weight excluding hydrogens is 422 g/mol. The highest BCUT2D eigenvalue weighted by molar-refractivity contribution is 9.10. The van der Waals surface area contributed by atoms with E-state index in [2.05, 4.69) is 31.8 Å². The molecule has 0 aliphatic heterocycles. The van der Waals surface area contributed by atoms with Crippen molar-refractivity contribution in [2.24, 2.45) is 5.10 Å². The Morgan fingerprint density at radius 3 is 2.54 bits per heavy atom. The summed E-state index contributed by atoms with van der Waals surface area (Å²) in [6, 6.07) is 7.18. The molecule has 7 heteroatoms. The van der Waals surface area contributed by atoms with Crippen molar-refractivity contribution in [2.75, 3.05) is 0 Å². The molecule has 1 aliphatic carbocycles. The van der Waals surface area contributed by atoms with Crippen LogP contribution in [0.1, 0.15) is 71.4 Å². The molecule has 0 unspecified atom stereocenters. The number of aryl methyl sites for hydroxylation is 1. The zero-order chi connectivity index (χ0) is 20.5. The van der Waals surface area contributed by atoms with E-state index in [1.165, 1.54) is 0 Å². The molecule has 0 saturated carbocycles. The largest absolute Gasteiger partial charge is 0.455 e. The maximum Gasteiger partial charge on any atom is 0.287 e. The number of hydrogen-bond donors (Lipinski definition) is 2. The number of rotatable bonds is 3. The van der Waals surface area contributed by atoms with Crippen molar-refractivity contribution in [2.45, 2.75) is 52.5 Å². The number of carbonyl (C=O) groups excluding carboxylic acids is 2. The Morgan fingerprint density at radius 1 is 1.14 bits per heavy atom. The molecule has 2 amide bonds. The number of amides is 2. The Kier molecular flexibility index (Phi) is 5.74. The van der Waals surface area contributed by atoms with Gasteiger partial charge in [-0.05, 0) is 68.6 Å². The summed E-state index contributed by atoms with van der Waals surface area (Å²) >= 11 is 3.37. The van der Waals surface area contributed by atoms with Gasteiger partial charge in [0.2, 0.25) is 0 Å². The number of benzene rings is 1. The van der Waals surface area contributed by atoms with E-state index < -0.39 is 0 Å². The number of nitrogens with one attached hydrogen (secondary N) is 2. The second-order valence-electron chi connectivity index (χ2n) is 7.89. The first-order chi connectivity index (χ1) is 13.2. The van der Waals surface area contributed by atoms with E-state index in [0.29, 0.717) is 22.2 Å². The molecular formula is C21H24BrN3O3. The summed E-state index contributed by atoms with van der Waals surface area (Å²) in [4.78, 5) is 25.0. The zero-order valence-corrected chi connectivity index (χ0v) is 18.1. The van der Waals surface area contributed by atoms with Gasteiger partial charge in [-0.3, -0.25) is 9.59 Å². The molecule has 1 aromatic heterocycles. The monoisotopic (exact) mass is 445 g/mol. The molecule has 2 N–H and O–H groups in total. The summed E-state index contributed by atoms with van der Waals surface area (Å²) in [5.41, 5.74) is 5.11. The van der Waals surface area contributed by atoms with Crippen molar-refractivity contribution in [1.82, 2.24) is 10.7 Å². The third-order valence-electron chi connectivity index (χ3n) is 4.43. The van der Waals surface area contributed by atoms with Gasteiger partial charge in [0.1, 0.15) is 5.76 Å². The van der Waals surface area contributed by atoms with Gasteiger partial charge in [-0.1, -0.05) is 12.1 Å². The lowest BCUT2D eigenvalue weighted by atomic mass is 9.93. The molecule has 0 saturated heterocycles. The van der Waals surface area contributed by atoms with Gasteiger partial charge in [0, 0.05) is 27.6 Å². The highest BCUT2D eigenvalue weighted by Gasteiger charge is 2.29. The SMILES string of the molecule is Cc1c(C(=O)NC(C)(C)C)oc2c1/C(=N/NC(=O)c1ccccc1Br)CCC2. The zero-order valence-electron chi connectivity index (χ0n) is 16.5. The second kappa shape index (κ2) is 7.91. The van der Waals surface area contributed by atoms with E-state index in [9.17, 15) is 9.59 Å². The maximum atomic E-state index is 12.6. The minimum Gasteiger partial charge on any atom is -0.455 e. The number of hydrogen-bond acceptors (Lipinski definition) is 4. The molecule has 3 rings (SSSR count). The fourth-order valence-electron chi connectivity index (χ4n) is 3.22. The van der Waals surface area contributed by atoms with Crippen LogP contribution in [0.15, 0.2) is 38.3 Å². The van der Waals surface area contributed by atoms with Crippen LogP contribution in [0, 0.1) is 6.92 Å². The van der Waals surface area contributed by atoms with Crippen LogP contribution in [0.3, 0.4) is 0 Å². The van der Waals surface area contributed by atoms with E-state index in [1.807, 2.05) is 33.8 Å². The molecule has 0 radical (unpaired) electrons. The predicted molar refractivity (Wildman–Crippen MR) is 112 cm³/mol.